The Morgan fingerprint density at radius 1 is 0.885 bits per heavy atom. The van der Waals surface area contributed by atoms with Crippen molar-refractivity contribution in [2.24, 2.45) is 5.92 Å². The minimum Gasteiger partial charge on any atom is -0.248 e. The number of hydrogen-bond donors (Lipinski definition) is 0. The van der Waals surface area contributed by atoms with Crippen LogP contribution in [0, 0.1) is 19.8 Å². The van der Waals surface area contributed by atoms with E-state index in [2.05, 4.69) is 89.8 Å². The summed E-state index contributed by atoms with van der Waals surface area (Å²) in [5.41, 5.74) is 7.45. The molecule has 0 aliphatic rings. The first-order chi connectivity index (χ1) is 12.1. The summed E-state index contributed by atoms with van der Waals surface area (Å²) in [6.07, 6.45) is 1.11. The van der Waals surface area contributed by atoms with Gasteiger partial charge in [-0.1, -0.05) is 68.0 Å². The molecule has 1 nitrogen and oxygen atoms in total. The molecule has 136 valence electrons. The summed E-state index contributed by atoms with van der Waals surface area (Å²) in [6, 6.07) is 15.9. The zero-order valence-corrected chi connectivity index (χ0v) is 18.3. The van der Waals surface area contributed by atoms with Crippen LogP contribution in [-0.4, -0.2) is 13.1 Å². The number of hydrogen-bond acceptors (Lipinski definition) is 1. The number of pyridine rings is 1. The SMILES string of the molecule is Cc1cc(C)cc(-c2ccc3c([Si](C)(C)C)cc(CC(C)C)cc3n2)c1. The van der Waals surface area contributed by atoms with E-state index in [0.717, 1.165) is 17.6 Å². The number of nitrogens with zero attached hydrogens (tertiary/aromatic N) is 1. The van der Waals surface area contributed by atoms with Crippen LogP contribution in [0.2, 0.25) is 19.6 Å². The fourth-order valence-corrected chi connectivity index (χ4v) is 5.42. The van der Waals surface area contributed by atoms with Gasteiger partial charge in [0.15, 0.2) is 0 Å². The van der Waals surface area contributed by atoms with Crippen LogP contribution in [0.1, 0.15) is 30.5 Å². The minimum atomic E-state index is -1.43. The lowest BCUT2D eigenvalue weighted by Gasteiger charge is -2.21. The highest BCUT2D eigenvalue weighted by Gasteiger charge is 2.21. The lowest BCUT2D eigenvalue weighted by molar-refractivity contribution is 0.648. The highest BCUT2D eigenvalue weighted by atomic mass is 28.3. The van der Waals surface area contributed by atoms with Crippen molar-refractivity contribution in [3.63, 3.8) is 0 Å². The third-order valence-corrected chi connectivity index (χ3v) is 6.87. The maximum atomic E-state index is 5.09. The average Bonchev–Trinajstić information content (AvgIpc) is 2.51. The fourth-order valence-electron chi connectivity index (χ4n) is 3.79. The fraction of sp³-hybridized carbons (Fsp3) is 0.375. The quantitative estimate of drug-likeness (QED) is 0.500. The Hall–Kier alpha value is -1.93. The standard InChI is InChI=1S/C24H31NSi/c1-16(2)10-19-14-23-21(24(15-19)26(5,6)7)8-9-22(25-23)20-12-17(3)11-18(4)13-20/h8-9,11-16H,10H2,1-7H3. The summed E-state index contributed by atoms with van der Waals surface area (Å²) in [5, 5.41) is 2.87. The summed E-state index contributed by atoms with van der Waals surface area (Å²) in [6.45, 7) is 16.2. The van der Waals surface area contributed by atoms with E-state index in [-0.39, 0.29) is 0 Å². The second kappa shape index (κ2) is 7.00. The van der Waals surface area contributed by atoms with Gasteiger partial charge in [0.1, 0.15) is 0 Å². The third-order valence-electron chi connectivity index (χ3n) is 4.84. The molecule has 0 amide bonds. The Morgan fingerprint density at radius 2 is 1.54 bits per heavy atom. The summed E-state index contributed by atoms with van der Waals surface area (Å²) >= 11 is 0. The Bertz CT molecular complexity index is 928. The molecule has 3 rings (SSSR count). The first-order valence-corrected chi connectivity index (χ1v) is 13.2. The summed E-state index contributed by atoms with van der Waals surface area (Å²) in [5.74, 6) is 0.657. The molecular weight excluding hydrogens is 330 g/mol. The molecule has 0 aliphatic heterocycles. The highest BCUT2D eigenvalue weighted by Crippen LogP contribution is 2.25. The van der Waals surface area contributed by atoms with Gasteiger partial charge in [0.05, 0.1) is 19.3 Å². The van der Waals surface area contributed by atoms with Crippen LogP contribution in [0.3, 0.4) is 0 Å². The van der Waals surface area contributed by atoms with Crippen LogP contribution in [0.15, 0.2) is 42.5 Å². The summed E-state index contributed by atoms with van der Waals surface area (Å²) in [7, 11) is -1.43. The minimum absolute atomic E-state index is 0.657. The van der Waals surface area contributed by atoms with E-state index in [9.17, 15) is 0 Å². The van der Waals surface area contributed by atoms with E-state index < -0.39 is 8.07 Å². The topological polar surface area (TPSA) is 12.9 Å². The van der Waals surface area contributed by atoms with Crippen molar-refractivity contribution in [3.8, 4) is 11.3 Å². The van der Waals surface area contributed by atoms with Crippen LogP contribution in [-0.2, 0) is 6.42 Å². The first kappa shape index (κ1) is 18.8. The lowest BCUT2D eigenvalue weighted by atomic mass is 10.0. The molecule has 1 aromatic heterocycles. The molecule has 3 aromatic rings. The van der Waals surface area contributed by atoms with Crippen molar-refractivity contribution in [2.75, 3.05) is 0 Å². The van der Waals surface area contributed by atoms with Gasteiger partial charge in [-0.2, -0.15) is 0 Å². The van der Waals surface area contributed by atoms with Gasteiger partial charge < -0.3 is 0 Å². The smallest absolute Gasteiger partial charge is 0.0784 e. The van der Waals surface area contributed by atoms with Crippen LogP contribution in [0.25, 0.3) is 22.2 Å². The lowest BCUT2D eigenvalue weighted by Crippen LogP contribution is -2.38. The molecule has 1 heterocycles. The van der Waals surface area contributed by atoms with E-state index in [4.69, 9.17) is 4.98 Å². The second-order valence-corrected chi connectivity index (χ2v) is 14.2. The molecule has 0 bridgehead atoms. The molecule has 0 saturated heterocycles. The van der Waals surface area contributed by atoms with Gasteiger partial charge in [-0.05, 0) is 61.4 Å². The van der Waals surface area contributed by atoms with E-state index in [1.807, 2.05) is 0 Å². The maximum absolute atomic E-state index is 5.09. The van der Waals surface area contributed by atoms with Crippen LogP contribution in [0.5, 0.6) is 0 Å². The van der Waals surface area contributed by atoms with Crippen molar-refractivity contribution in [1.82, 2.24) is 4.98 Å². The monoisotopic (exact) mass is 361 g/mol. The van der Waals surface area contributed by atoms with Gasteiger partial charge in [0.25, 0.3) is 0 Å². The molecule has 0 aliphatic carbocycles. The molecular formula is C24H31NSi. The molecule has 0 fully saturated rings. The summed E-state index contributed by atoms with van der Waals surface area (Å²) < 4.78 is 0. The Morgan fingerprint density at radius 3 is 2.12 bits per heavy atom. The first-order valence-electron chi connectivity index (χ1n) is 9.66. The van der Waals surface area contributed by atoms with Gasteiger partial charge in [0.2, 0.25) is 0 Å². The Balaban J connectivity index is 2.21. The number of aryl methyl sites for hydroxylation is 2. The predicted molar refractivity (Wildman–Crippen MR) is 118 cm³/mol. The van der Waals surface area contributed by atoms with Crippen LogP contribution in [0.4, 0.5) is 0 Å². The molecule has 0 unspecified atom stereocenters. The predicted octanol–water partition coefficient (Wildman–Crippen LogP) is 6.26. The molecule has 0 atom stereocenters. The van der Waals surface area contributed by atoms with E-state index >= 15 is 0 Å². The number of aromatic nitrogens is 1. The van der Waals surface area contributed by atoms with E-state index in [1.165, 1.54) is 32.8 Å². The Kier molecular flexibility index (Phi) is 5.07. The largest absolute Gasteiger partial charge is 0.248 e. The van der Waals surface area contributed by atoms with Gasteiger partial charge in [-0.3, -0.25) is 0 Å². The Labute approximate surface area is 159 Å². The van der Waals surface area contributed by atoms with Crippen LogP contribution >= 0.6 is 0 Å². The van der Waals surface area contributed by atoms with Gasteiger partial charge in [0, 0.05) is 5.56 Å². The number of fused-ring (bicyclic) bond motifs is 1. The molecule has 0 radical (unpaired) electrons. The molecule has 0 saturated carbocycles. The summed E-state index contributed by atoms with van der Waals surface area (Å²) in [4.78, 5) is 5.09. The van der Waals surface area contributed by atoms with Gasteiger partial charge in [-0.25, -0.2) is 4.98 Å². The molecule has 26 heavy (non-hydrogen) atoms. The van der Waals surface area contributed by atoms with Crippen molar-refractivity contribution < 1.29 is 0 Å². The maximum Gasteiger partial charge on any atom is 0.0784 e. The van der Waals surface area contributed by atoms with Crippen molar-refractivity contribution in [1.29, 1.82) is 0 Å². The van der Waals surface area contributed by atoms with Crippen LogP contribution < -0.4 is 5.19 Å². The average molecular weight is 362 g/mol. The molecule has 2 aromatic carbocycles. The van der Waals surface area contributed by atoms with Gasteiger partial charge in [-0.15, -0.1) is 0 Å². The van der Waals surface area contributed by atoms with Gasteiger partial charge >= 0.3 is 0 Å². The molecule has 0 N–H and O–H groups in total. The molecule has 2 heteroatoms. The van der Waals surface area contributed by atoms with Crippen molar-refractivity contribution in [2.45, 2.75) is 53.8 Å². The number of benzene rings is 2. The molecule has 0 spiro atoms. The van der Waals surface area contributed by atoms with E-state index in [0.29, 0.717) is 5.92 Å². The third kappa shape index (κ3) is 4.07. The number of rotatable bonds is 4. The zero-order valence-electron chi connectivity index (χ0n) is 17.3. The van der Waals surface area contributed by atoms with E-state index in [1.54, 1.807) is 0 Å². The zero-order chi connectivity index (χ0) is 19.1. The highest BCUT2D eigenvalue weighted by molar-refractivity contribution is 6.90. The van der Waals surface area contributed by atoms with Crippen molar-refractivity contribution in [3.05, 3.63) is 59.2 Å². The van der Waals surface area contributed by atoms with Crippen molar-refractivity contribution >= 4 is 24.2 Å². The second-order valence-electron chi connectivity index (χ2n) is 9.13. The normalized spacial score (nSPS) is 12.2.